The van der Waals surface area contributed by atoms with Crippen LogP contribution in [0.4, 0.5) is 0 Å². The fourth-order valence-electron chi connectivity index (χ4n) is 2.97. The predicted octanol–water partition coefficient (Wildman–Crippen LogP) is 2.96. The third-order valence-electron chi connectivity index (χ3n) is 4.17. The van der Waals surface area contributed by atoms with Crippen LogP contribution in [0.1, 0.15) is 11.6 Å². The van der Waals surface area contributed by atoms with Gasteiger partial charge < -0.3 is 15.0 Å². The number of nitrogens with zero attached hydrogens (tertiary/aromatic N) is 1. The molecule has 4 nitrogen and oxygen atoms in total. The highest BCUT2D eigenvalue weighted by atomic mass is 32.2. The lowest BCUT2D eigenvalue weighted by Crippen LogP contribution is -2.49. The van der Waals surface area contributed by atoms with E-state index in [0.29, 0.717) is 5.75 Å². The first kappa shape index (κ1) is 16.9. The Kier molecular flexibility index (Phi) is 5.77. The highest BCUT2D eigenvalue weighted by molar-refractivity contribution is 8.00. The second-order valence-corrected chi connectivity index (χ2v) is 6.70. The summed E-state index contributed by atoms with van der Waals surface area (Å²) in [5, 5.41) is 3.39. The summed E-state index contributed by atoms with van der Waals surface area (Å²) in [5.74, 6) is 1.45. The Labute approximate surface area is 147 Å². The maximum atomic E-state index is 12.8. The third kappa shape index (κ3) is 3.91. The van der Waals surface area contributed by atoms with E-state index in [-0.39, 0.29) is 11.9 Å². The molecule has 0 radical (unpaired) electrons. The number of amides is 1. The summed E-state index contributed by atoms with van der Waals surface area (Å²) in [5.41, 5.74) is 1.06. The minimum Gasteiger partial charge on any atom is -0.496 e. The molecule has 1 saturated heterocycles. The van der Waals surface area contributed by atoms with Gasteiger partial charge >= 0.3 is 0 Å². The van der Waals surface area contributed by atoms with E-state index in [4.69, 9.17) is 4.74 Å². The minimum atomic E-state index is 0.0128. The molecule has 126 valence electrons. The summed E-state index contributed by atoms with van der Waals surface area (Å²) in [6, 6.07) is 18.0. The van der Waals surface area contributed by atoms with Gasteiger partial charge in [0.05, 0.1) is 18.9 Å². The molecule has 1 aliphatic heterocycles. The first-order valence-electron chi connectivity index (χ1n) is 8.10. The van der Waals surface area contributed by atoms with Crippen molar-refractivity contribution in [2.75, 3.05) is 32.5 Å². The number of ether oxygens (including phenoxy) is 1. The van der Waals surface area contributed by atoms with Gasteiger partial charge in [0.15, 0.2) is 0 Å². The summed E-state index contributed by atoms with van der Waals surface area (Å²) in [4.78, 5) is 15.9. The summed E-state index contributed by atoms with van der Waals surface area (Å²) >= 11 is 1.59. The number of nitrogens with one attached hydrogen (secondary N) is 1. The van der Waals surface area contributed by atoms with Crippen LogP contribution in [-0.2, 0) is 4.79 Å². The van der Waals surface area contributed by atoms with Gasteiger partial charge in [-0.2, -0.15) is 0 Å². The number of hydrogen-bond donors (Lipinski definition) is 1. The lowest BCUT2D eigenvalue weighted by molar-refractivity contribution is -0.131. The van der Waals surface area contributed by atoms with Gasteiger partial charge in [-0.15, -0.1) is 11.8 Å². The average molecular weight is 342 g/mol. The zero-order valence-electron chi connectivity index (χ0n) is 13.8. The molecule has 0 bridgehead atoms. The van der Waals surface area contributed by atoms with Crippen molar-refractivity contribution in [3.8, 4) is 5.75 Å². The SMILES string of the molecule is COc1ccccc1C1CNCCN1C(=O)CSc1ccccc1. The summed E-state index contributed by atoms with van der Waals surface area (Å²) in [6.45, 7) is 2.30. The number of hydrogen-bond acceptors (Lipinski definition) is 4. The normalized spacial score (nSPS) is 17.5. The number of benzene rings is 2. The standard InChI is InChI=1S/C19H22N2O2S/c1-23-18-10-6-5-9-16(18)17-13-20-11-12-21(17)19(22)14-24-15-7-3-2-4-8-15/h2-10,17,20H,11-14H2,1H3. The summed E-state index contributed by atoms with van der Waals surface area (Å²) in [7, 11) is 1.67. The fourth-order valence-corrected chi connectivity index (χ4v) is 3.77. The maximum absolute atomic E-state index is 12.8. The van der Waals surface area contributed by atoms with Gasteiger partial charge in [-0.3, -0.25) is 4.79 Å². The number of para-hydroxylation sites is 1. The van der Waals surface area contributed by atoms with Gasteiger partial charge in [0.2, 0.25) is 5.91 Å². The van der Waals surface area contributed by atoms with Crippen LogP contribution >= 0.6 is 11.8 Å². The summed E-state index contributed by atoms with van der Waals surface area (Å²) < 4.78 is 5.48. The molecule has 1 heterocycles. The molecule has 1 unspecified atom stereocenters. The van der Waals surface area contributed by atoms with E-state index in [9.17, 15) is 4.79 Å². The number of thioether (sulfide) groups is 1. The van der Waals surface area contributed by atoms with Crippen LogP contribution in [-0.4, -0.2) is 43.3 Å². The number of methoxy groups -OCH3 is 1. The molecule has 0 aromatic heterocycles. The largest absolute Gasteiger partial charge is 0.496 e. The van der Waals surface area contributed by atoms with Crippen molar-refractivity contribution in [3.63, 3.8) is 0 Å². The molecular weight excluding hydrogens is 320 g/mol. The van der Waals surface area contributed by atoms with Gasteiger partial charge in [-0.25, -0.2) is 0 Å². The maximum Gasteiger partial charge on any atom is 0.233 e. The molecule has 2 aromatic rings. The molecule has 5 heteroatoms. The van der Waals surface area contributed by atoms with Crippen LogP contribution in [0.5, 0.6) is 5.75 Å². The third-order valence-corrected chi connectivity index (χ3v) is 5.16. The van der Waals surface area contributed by atoms with Gasteiger partial charge in [0.1, 0.15) is 5.75 Å². The Balaban J connectivity index is 1.73. The van der Waals surface area contributed by atoms with Crippen molar-refractivity contribution < 1.29 is 9.53 Å². The quantitative estimate of drug-likeness (QED) is 0.848. The van der Waals surface area contributed by atoms with Gasteiger partial charge in [-0.05, 0) is 18.2 Å². The first-order chi connectivity index (χ1) is 11.8. The second-order valence-electron chi connectivity index (χ2n) is 5.65. The van der Waals surface area contributed by atoms with E-state index in [1.165, 1.54) is 0 Å². The summed E-state index contributed by atoms with van der Waals surface area (Å²) in [6.07, 6.45) is 0. The van der Waals surface area contributed by atoms with E-state index in [1.54, 1.807) is 18.9 Å². The van der Waals surface area contributed by atoms with Crippen molar-refractivity contribution in [2.24, 2.45) is 0 Å². The highest BCUT2D eigenvalue weighted by Gasteiger charge is 2.29. The van der Waals surface area contributed by atoms with Crippen molar-refractivity contribution in [3.05, 3.63) is 60.2 Å². The lowest BCUT2D eigenvalue weighted by atomic mass is 10.0. The van der Waals surface area contributed by atoms with Crippen LogP contribution in [0.15, 0.2) is 59.5 Å². The van der Waals surface area contributed by atoms with Crippen LogP contribution in [0.25, 0.3) is 0 Å². The van der Waals surface area contributed by atoms with Crippen LogP contribution in [0, 0.1) is 0 Å². The van der Waals surface area contributed by atoms with Crippen molar-refractivity contribution in [1.82, 2.24) is 10.2 Å². The Hall–Kier alpha value is -1.98. The number of carbonyl (C=O) groups excluding carboxylic acids is 1. The number of carbonyl (C=O) groups is 1. The molecule has 1 aliphatic rings. The molecule has 0 aliphatic carbocycles. The molecule has 0 saturated carbocycles. The van der Waals surface area contributed by atoms with Crippen LogP contribution < -0.4 is 10.1 Å². The van der Waals surface area contributed by atoms with Crippen molar-refractivity contribution in [1.29, 1.82) is 0 Å². The molecule has 1 atom stereocenters. The zero-order valence-corrected chi connectivity index (χ0v) is 14.6. The second kappa shape index (κ2) is 8.22. The topological polar surface area (TPSA) is 41.6 Å². The average Bonchev–Trinajstić information content (AvgIpc) is 2.67. The fraction of sp³-hybridized carbons (Fsp3) is 0.316. The minimum absolute atomic E-state index is 0.0128. The van der Waals surface area contributed by atoms with Gasteiger partial charge in [-0.1, -0.05) is 36.4 Å². The van der Waals surface area contributed by atoms with Crippen molar-refractivity contribution >= 4 is 17.7 Å². The zero-order chi connectivity index (χ0) is 16.8. The molecule has 24 heavy (non-hydrogen) atoms. The molecule has 1 N–H and O–H groups in total. The van der Waals surface area contributed by atoms with Crippen molar-refractivity contribution in [2.45, 2.75) is 10.9 Å². The number of rotatable bonds is 5. The predicted molar refractivity (Wildman–Crippen MR) is 97.5 cm³/mol. The van der Waals surface area contributed by atoms with E-state index in [1.807, 2.05) is 59.5 Å². The molecular formula is C19H22N2O2S. The smallest absolute Gasteiger partial charge is 0.233 e. The Bertz CT molecular complexity index is 678. The molecule has 1 amide bonds. The molecule has 3 rings (SSSR count). The molecule has 1 fully saturated rings. The molecule has 0 spiro atoms. The van der Waals surface area contributed by atoms with E-state index < -0.39 is 0 Å². The van der Waals surface area contributed by atoms with Gasteiger partial charge in [0.25, 0.3) is 0 Å². The Morgan fingerprint density at radius 2 is 1.96 bits per heavy atom. The monoisotopic (exact) mass is 342 g/mol. The highest BCUT2D eigenvalue weighted by Crippen LogP contribution is 2.31. The Morgan fingerprint density at radius 3 is 2.75 bits per heavy atom. The van der Waals surface area contributed by atoms with Gasteiger partial charge in [0, 0.05) is 30.1 Å². The first-order valence-corrected chi connectivity index (χ1v) is 9.09. The lowest BCUT2D eigenvalue weighted by Gasteiger charge is -2.37. The number of piperazine rings is 1. The van der Waals surface area contributed by atoms with E-state index in [2.05, 4.69) is 5.32 Å². The Morgan fingerprint density at radius 1 is 1.21 bits per heavy atom. The molecule has 2 aromatic carbocycles. The van der Waals surface area contributed by atoms with E-state index >= 15 is 0 Å². The van der Waals surface area contributed by atoms with E-state index in [0.717, 1.165) is 35.8 Å². The van der Waals surface area contributed by atoms with Crippen LogP contribution in [0.2, 0.25) is 0 Å². The van der Waals surface area contributed by atoms with Crippen LogP contribution in [0.3, 0.4) is 0 Å².